The van der Waals surface area contributed by atoms with Crippen LogP contribution in [0.4, 0.5) is 0 Å². The molecule has 2 aromatic heterocycles. The van der Waals surface area contributed by atoms with Crippen LogP contribution in [0.5, 0.6) is 0 Å². The molecule has 1 aliphatic rings. The molecule has 1 aliphatic carbocycles. The van der Waals surface area contributed by atoms with E-state index in [0.29, 0.717) is 5.89 Å². The zero-order valence-corrected chi connectivity index (χ0v) is 12.2. The number of hydrogen-bond donors (Lipinski definition) is 2. The number of aromatic nitrogens is 3. The van der Waals surface area contributed by atoms with Gasteiger partial charge in [-0.2, -0.15) is 5.10 Å². The van der Waals surface area contributed by atoms with Crippen LogP contribution in [-0.4, -0.2) is 20.7 Å². The Morgan fingerprint density at radius 1 is 1.62 bits per heavy atom. The second-order valence-electron chi connectivity index (χ2n) is 5.32. The third kappa shape index (κ3) is 2.44. The van der Waals surface area contributed by atoms with E-state index in [1.165, 1.54) is 12.0 Å². The van der Waals surface area contributed by atoms with Gasteiger partial charge >= 0.3 is 0 Å². The zero-order valence-electron chi connectivity index (χ0n) is 12.2. The van der Waals surface area contributed by atoms with Crippen LogP contribution in [0.15, 0.2) is 10.7 Å². The molecule has 3 rings (SSSR count). The summed E-state index contributed by atoms with van der Waals surface area (Å²) in [6.07, 6.45) is 4.29. The van der Waals surface area contributed by atoms with Crippen molar-refractivity contribution in [2.45, 2.75) is 38.8 Å². The van der Waals surface area contributed by atoms with E-state index in [9.17, 15) is 4.79 Å². The van der Waals surface area contributed by atoms with Gasteiger partial charge in [-0.3, -0.25) is 9.48 Å². The van der Waals surface area contributed by atoms with Crippen molar-refractivity contribution >= 4 is 5.91 Å². The molecule has 0 bridgehead atoms. The molecule has 1 amide bonds. The van der Waals surface area contributed by atoms with Crippen LogP contribution in [0.1, 0.15) is 52.2 Å². The summed E-state index contributed by atoms with van der Waals surface area (Å²) >= 11 is 0. The standard InChI is InChI=1S/C14H19N5O2/c1-8-13-9(4-3-5-11(13)19(2)18-8)17-14(20)10-7-21-12(6-15)16-10/h7,9H,3-6,15H2,1-2H3,(H,17,20). The van der Waals surface area contributed by atoms with Crippen molar-refractivity contribution in [3.63, 3.8) is 0 Å². The van der Waals surface area contributed by atoms with Crippen LogP contribution < -0.4 is 11.1 Å². The minimum Gasteiger partial charge on any atom is -0.447 e. The first kappa shape index (κ1) is 13.8. The van der Waals surface area contributed by atoms with Gasteiger partial charge in [0.25, 0.3) is 5.91 Å². The summed E-state index contributed by atoms with van der Waals surface area (Å²) < 4.78 is 7.02. The van der Waals surface area contributed by atoms with E-state index >= 15 is 0 Å². The van der Waals surface area contributed by atoms with E-state index in [0.717, 1.165) is 30.5 Å². The molecule has 7 heteroatoms. The van der Waals surface area contributed by atoms with Crippen LogP contribution in [0.2, 0.25) is 0 Å². The van der Waals surface area contributed by atoms with E-state index in [-0.39, 0.29) is 24.2 Å². The van der Waals surface area contributed by atoms with E-state index in [4.69, 9.17) is 10.2 Å². The largest absolute Gasteiger partial charge is 0.447 e. The van der Waals surface area contributed by atoms with E-state index in [1.807, 2.05) is 18.7 Å². The number of amides is 1. The van der Waals surface area contributed by atoms with E-state index in [1.54, 1.807) is 0 Å². The van der Waals surface area contributed by atoms with Gasteiger partial charge in [-0.15, -0.1) is 0 Å². The smallest absolute Gasteiger partial charge is 0.273 e. The number of carbonyl (C=O) groups is 1. The minimum atomic E-state index is -0.237. The molecule has 7 nitrogen and oxygen atoms in total. The van der Waals surface area contributed by atoms with Crippen LogP contribution in [0.3, 0.4) is 0 Å². The van der Waals surface area contributed by atoms with E-state index in [2.05, 4.69) is 15.4 Å². The lowest BCUT2D eigenvalue weighted by molar-refractivity contribution is 0.0927. The molecule has 1 unspecified atom stereocenters. The Morgan fingerprint density at radius 3 is 3.14 bits per heavy atom. The summed E-state index contributed by atoms with van der Waals surface area (Å²) in [5.41, 5.74) is 9.01. The molecular weight excluding hydrogens is 270 g/mol. The Morgan fingerprint density at radius 2 is 2.43 bits per heavy atom. The Labute approximate surface area is 122 Å². The second-order valence-corrected chi connectivity index (χ2v) is 5.32. The maximum absolute atomic E-state index is 12.3. The quantitative estimate of drug-likeness (QED) is 0.877. The number of hydrogen-bond acceptors (Lipinski definition) is 5. The number of oxazole rings is 1. The van der Waals surface area contributed by atoms with Gasteiger partial charge in [0.2, 0.25) is 5.89 Å². The number of rotatable bonds is 3. The number of nitrogens with zero attached hydrogens (tertiary/aromatic N) is 3. The number of carbonyl (C=O) groups excluding carboxylic acids is 1. The molecule has 0 spiro atoms. The molecule has 0 radical (unpaired) electrons. The highest BCUT2D eigenvalue weighted by molar-refractivity contribution is 5.92. The molecule has 1 atom stereocenters. The molecule has 0 fully saturated rings. The lowest BCUT2D eigenvalue weighted by Crippen LogP contribution is -2.31. The van der Waals surface area contributed by atoms with Crippen molar-refractivity contribution in [2.75, 3.05) is 0 Å². The van der Waals surface area contributed by atoms with Crippen molar-refractivity contribution in [3.8, 4) is 0 Å². The zero-order chi connectivity index (χ0) is 15.0. The molecule has 112 valence electrons. The van der Waals surface area contributed by atoms with Gasteiger partial charge in [0.15, 0.2) is 5.69 Å². The predicted octanol–water partition coefficient (Wildman–Crippen LogP) is 0.983. The lowest BCUT2D eigenvalue weighted by Gasteiger charge is -2.24. The molecule has 2 heterocycles. The third-order valence-corrected chi connectivity index (χ3v) is 3.91. The van der Waals surface area contributed by atoms with Gasteiger partial charge in [0, 0.05) is 18.3 Å². The summed E-state index contributed by atoms with van der Waals surface area (Å²) in [5, 5.41) is 7.48. The van der Waals surface area contributed by atoms with Gasteiger partial charge in [-0.25, -0.2) is 4.98 Å². The molecule has 2 aromatic rings. The Kier molecular flexibility index (Phi) is 3.50. The third-order valence-electron chi connectivity index (χ3n) is 3.91. The van der Waals surface area contributed by atoms with Crippen LogP contribution in [-0.2, 0) is 20.0 Å². The first-order chi connectivity index (χ1) is 10.1. The molecule has 0 aromatic carbocycles. The van der Waals surface area contributed by atoms with Gasteiger partial charge in [0.1, 0.15) is 6.26 Å². The molecule has 3 N–H and O–H groups in total. The van der Waals surface area contributed by atoms with Crippen molar-refractivity contribution in [1.29, 1.82) is 0 Å². The molecule has 0 saturated heterocycles. The second kappa shape index (κ2) is 5.33. The maximum Gasteiger partial charge on any atom is 0.273 e. The van der Waals surface area contributed by atoms with Gasteiger partial charge in [-0.1, -0.05) is 0 Å². The normalized spacial score (nSPS) is 17.6. The monoisotopic (exact) mass is 289 g/mol. The molecule has 0 saturated carbocycles. The number of fused-ring (bicyclic) bond motifs is 1. The fourth-order valence-electron chi connectivity index (χ4n) is 2.98. The average Bonchev–Trinajstić information content (AvgIpc) is 3.05. The van der Waals surface area contributed by atoms with Crippen molar-refractivity contribution in [2.24, 2.45) is 12.8 Å². The van der Waals surface area contributed by atoms with Crippen LogP contribution in [0, 0.1) is 6.92 Å². The Bertz CT molecular complexity index is 673. The summed E-state index contributed by atoms with van der Waals surface area (Å²) in [6.45, 7) is 2.16. The highest BCUT2D eigenvalue weighted by atomic mass is 16.3. The Balaban J connectivity index is 1.81. The highest BCUT2D eigenvalue weighted by Crippen LogP contribution is 2.31. The van der Waals surface area contributed by atoms with Crippen molar-refractivity contribution < 1.29 is 9.21 Å². The first-order valence-corrected chi connectivity index (χ1v) is 7.08. The molecular formula is C14H19N5O2. The van der Waals surface area contributed by atoms with Crippen LogP contribution >= 0.6 is 0 Å². The summed E-state index contributed by atoms with van der Waals surface area (Å²) in [6, 6.07) is -0.0204. The number of nitrogens with one attached hydrogen (secondary N) is 1. The average molecular weight is 289 g/mol. The Hall–Kier alpha value is -2.15. The van der Waals surface area contributed by atoms with Crippen LogP contribution in [0.25, 0.3) is 0 Å². The van der Waals surface area contributed by atoms with Gasteiger partial charge < -0.3 is 15.5 Å². The minimum absolute atomic E-state index is 0.0204. The summed E-state index contributed by atoms with van der Waals surface area (Å²) in [4.78, 5) is 16.3. The van der Waals surface area contributed by atoms with Crippen molar-refractivity contribution in [3.05, 3.63) is 34.8 Å². The molecule has 21 heavy (non-hydrogen) atoms. The first-order valence-electron chi connectivity index (χ1n) is 7.08. The molecule has 0 aliphatic heterocycles. The lowest BCUT2D eigenvalue weighted by atomic mass is 9.91. The summed E-state index contributed by atoms with van der Waals surface area (Å²) in [7, 11) is 1.95. The topological polar surface area (TPSA) is 99.0 Å². The summed E-state index contributed by atoms with van der Waals surface area (Å²) in [5.74, 6) is 0.126. The fourth-order valence-corrected chi connectivity index (χ4v) is 2.98. The van der Waals surface area contributed by atoms with Gasteiger partial charge in [-0.05, 0) is 26.2 Å². The number of aryl methyl sites for hydroxylation is 2. The SMILES string of the molecule is Cc1nn(C)c2c1C(NC(=O)c1coc(CN)n1)CCC2. The fraction of sp³-hybridized carbons (Fsp3) is 0.500. The van der Waals surface area contributed by atoms with E-state index < -0.39 is 0 Å². The highest BCUT2D eigenvalue weighted by Gasteiger charge is 2.28. The van der Waals surface area contributed by atoms with Crippen molar-refractivity contribution in [1.82, 2.24) is 20.1 Å². The number of nitrogens with two attached hydrogens (primary N) is 1. The predicted molar refractivity (Wildman–Crippen MR) is 75.5 cm³/mol. The maximum atomic E-state index is 12.3. The van der Waals surface area contributed by atoms with Gasteiger partial charge in [0.05, 0.1) is 18.3 Å².